The number of aryl methyl sites for hydroxylation is 1. The van der Waals surface area contributed by atoms with Crippen LogP contribution in [-0.2, 0) is 13.5 Å². The van der Waals surface area contributed by atoms with E-state index in [0.29, 0.717) is 12.2 Å². The second-order valence-corrected chi connectivity index (χ2v) is 3.11. The van der Waals surface area contributed by atoms with Crippen LogP contribution in [0, 0.1) is 0 Å². The van der Waals surface area contributed by atoms with Gasteiger partial charge in [0.25, 0.3) is 0 Å². The number of nitrogens with zero attached hydrogens (tertiary/aromatic N) is 4. The van der Waals surface area contributed by atoms with E-state index in [1.54, 1.807) is 10.9 Å². The van der Waals surface area contributed by atoms with Crippen LogP contribution in [0.2, 0.25) is 0 Å². The van der Waals surface area contributed by atoms with Crippen molar-refractivity contribution < 1.29 is 5.11 Å². The quantitative estimate of drug-likeness (QED) is 0.708. The second kappa shape index (κ2) is 3.59. The Bertz CT molecular complexity index is 394. The molecule has 1 unspecified atom stereocenters. The number of nitrogens with one attached hydrogen (secondary N) is 1. The Kier molecular flexibility index (Phi) is 2.28. The van der Waals surface area contributed by atoms with Crippen molar-refractivity contribution in [2.45, 2.75) is 12.5 Å². The highest BCUT2D eigenvalue weighted by molar-refractivity contribution is 5.07. The Labute approximate surface area is 80.6 Å². The molecular weight excluding hydrogens is 182 g/mol. The van der Waals surface area contributed by atoms with Crippen LogP contribution in [-0.4, -0.2) is 30.1 Å². The molecule has 0 fully saturated rings. The molecule has 0 radical (unpaired) electrons. The van der Waals surface area contributed by atoms with Crippen LogP contribution in [0.15, 0.2) is 18.7 Å². The van der Waals surface area contributed by atoms with E-state index in [-0.39, 0.29) is 0 Å². The molecule has 0 spiro atoms. The minimum atomic E-state index is -0.651. The number of aromatic nitrogens is 5. The van der Waals surface area contributed by atoms with Crippen LogP contribution >= 0.6 is 0 Å². The van der Waals surface area contributed by atoms with Crippen LogP contribution in [0.4, 0.5) is 0 Å². The van der Waals surface area contributed by atoms with E-state index in [9.17, 15) is 5.11 Å². The maximum atomic E-state index is 9.70. The van der Waals surface area contributed by atoms with Crippen molar-refractivity contribution in [3.8, 4) is 0 Å². The predicted molar refractivity (Wildman–Crippen MR) is 48.3 cm³/mol. The number of aliphatic hydroxyl groups excluding tert-OH is 1. The number of H-pyrrole nitrogens is 1. The summed E-state index contributed by atoms with van der Waals surface area (Å²) in [6, 6.07) is 0. The third kappa shape index (κ3) is 1.80. The summed E-state index contributed by atoms with van der Waals surface area (Å²) in [6.07, 6.45) is 4.80. The molecule has 0 aliphatic heterocycles. The van der Waals surface area contributed by atoms with Crippen molar-refractivity contribution in [2.24, 2.45) is 7.05 Å². The first kappa shape index (κ1) is 8.89. The second-order valence-electron chi connectivity index (χ2n) is 3.11. The van der Waals surface area contributed by atoms with E-state index in [0.717, 1.165) is 5.56 Å². The first-order valence-corrected chi connectivity index (χ1v) is 4.26. The van der Waals surface area contributed by atoms with Crippen LogP contribution in [0.3, 0.4) is 0 Å². The summed E-state index contributed by atoms with van der Waals surface area (Å²) in [7, 11) is 1.84. The maximum absolute atomic E-state index is 9.70. The number of hydrogen-bond donors (Lipinski definition) is 2. The zero-order valence-corrected chi connectivity index (χ0v) is 7.75. The number of hydrogen-bond acceptors (Lipinski definition) is 4. The molecule has 0 aliphatic rings. The molecule has 6 nitrogen and oxygen atoms in total. The van der Waals surface area contributed by atoms with Crippen LogP contribution in [0.25, 0.3) is 0 Å². The molecule has 2 aromatic heterocycles. The molecule has 0 aliphatic carbocycles. The van der Waals surface area contributed by atoms with E-state index in [1.807, 2.05) is 13.2 Å². The van der Waals surface area contributed by atoms with Gasteiger partial charge in [-0.05, 0) is 5.56 Å². The fraction of sp³-hybridized carbons (Fsp3) is 0.375. The molecule has 0 saturated carbocycles. The molecular formula is C8H11N5O. The first-order valence-electron chi connectivity index (χ1n) is 4.26. The fourth-order valence-corrected chi connectivity index (χ4v) is 1.27. The van der Waals surface area contributed by atoms with Crippen LogP contribution in [0.1, 0.15) is 17.5 Å². The zero-order chi connectivity index (χ0) is 9.97. The van der Waals surface area contributed by atoms with Crippen LogP contribution in [0.5, 0.6) is 0 Å². The third-order valence-electron chi connectivity index (χ3n) is 1.94. The number of aliphatic hydroxyl groups is 1. The summed E-state index contributed by atoms with van der Waals surface area (Å²) in [5.74, 6) is 0.480. The lowest BCUT2D eigenvalue weighted by Crippen LogP contribution is -2.03. The van der Waals surface area contributed by atoms with Gasteiger partial charge in [0, 0.05) is 19.7 Å². The maximum Gasteiger partial charge on any atom is 0.153 e. The van der Waals surface area contributed by atoms with E-state index >= 15 is 0 Å². The van der Waals surface area contributed by atoms with Gasteiger partial charge in [0.15, 0.2) is 5.82 Å². The number of rotatable bonds is 3. The molecule has 0 saturated heterocycles. The molecule has 2 rings (SSSR count). The Balaban J connectivity index is 2.05. The van der Waals surface area contributed by atoms with Crippen molar-refractivity contribution in [2.75, 3.05) is 0 Å². The highest BCUT2D eigenvalue weighted by Crippen LogP contribution is 2.12. The summed E-state index contributed by atoms with van der Waals surface area (Å²) in [5, 5.41) is 20.0. The molecule has 14 heavy (non-hydrogen) atoms. The van der Waals surface area contributed by atoms with Crippen molar-refractivity contribution >= 4 is 0 Å². The SMILES string of the molecule is Cn1cc(CC(O)c2ncn[nH]2)cn1. The van der Waals surface area contributed by atoms with Gasteiger partial charge in [-0.1, -0.05) is 0 Å². The van der Waals surface area contributed by atoms with E-state index in [4.69, 9.17) is 0 Å². The number of aromatic amines is 1. The molecule has 6 heteroatoms. The minimum Gasteiger partial charge on any atom is -0.385 e. The standard InChI is InChI=1S/C8H11N5O/c1-13-4-6(3-11-13)2-7(14)8-9-5-10-12-8/h3-5,7,14H,2H2,1H3,(H,9,10,12). The van der Waals surface area contributed by atoms with Gasteiger partial charge in [0.05, 0.1) is 6.20 Å². The summed E-state index contributed by atoms with van der Waals surface area (Å²) in [6.45, 7) is 0. The van der Waals surface area contributed by atoms with E-state index < -0.39 is 6.10 Å². The highest BCUT2D eigenvalue weighted by Gasteiger charge is 2.11. The fourth-order valence-electron chi connectivity index (χ4n) is 1.27. The van der Waals surface area contributed by atoms with Crippen molar-refractivity contribution in [1.82, 2.24) is 25.0 Å². The lowest BCUT2D eigenvalue weighted by molar-refractivity contribution is 0.169. The summed E-state index contributed by atoms with van der Waals surface area (Å²) < 4.78 is 1.70. The molecule has 2 aromatic rings. The van der Waals surface area contributed by atoms with Gasteiger partial charge in [-0.3, -0.25) is 9.78 Å². The normalized spacial score (nSPS) is 13.0. The van der Waals surface area contributed by atoms with E-state index in [1.165, 1.54) is 6.33 Å². The smallest absolute Gasteiger partial charge is 0.153 e. The molecule has 2 N–H and O–H groups in total. The zero-order valence-electron chi connectivity index (χ0n) is 7.75. The van der Waals surface area contributed by atoms with Gasteiger partial charge in [-0.15, -0.1) is 0 Å². The van der Waals surface area contributed by atoms with Gasteiger partial charge < -0.3 is 5.11 Å². The molecule has 0 amide bonds. The molecule has 74 valence electrons. The minimum absolute atomic E-state index is 0.480. The monoisotopic (exact) mass is 193 g/mol. The molecule has 0 aromatic carbocycles. The lowest BCUT2D eigenvalue weighted by atomic mass is 10.1. The molecule has 2 heterocycles. The van der Waals surface area contributed by atoms with Crippen molar-refractivity contribution in [3.63, 3.8) is 0 Å². The topological polar surface area (TPSA) is 79.6 Å². The van der Waals surface area contributed by atoms with E-state index in [2.05, 4.69) is 20.3 Å². The Morgan fingerprint density at radius 1 is 1.64 bits per heavy atom. The summed E-state index contributed by atoms with van der Waals surface area (Å²) in [4.78, 5) is 3.88. The van der Waals surface area contributed by atoms with Gasteiger partial charge in [0.2, 0.25) is 0 Å². The lowest BCUT2D eigenvalue weighted by Gasteiger charge is -2.03. The Hall–Kier alpha value is -1.69. The van der Waals surface area contributed by atoms with Gasteiger partial charge >= 0.3 is 0 Å². The average Bonchev–Trinajstić information content (AvgIpc) is 2.75. The Morgan fingerprint density at radius 3 is 3.07 bits per heavy atom. The van der Waals surface area contributed by atoms with Gasteiger partial charge in [-0.25, -0.2) is 4.98 Å². The summed E-state index contributed by atoms with van der Waals surface area (Å²) >= 11 is 0. The van der Waals surface area contributed by atoms with Crippen molar-refractivity contribution in [1.29, 1.82) is 0 Å². The first-order chi connectivity index (χ1) is 6.75. The van der Waals surface area contributed by atoms with Crippen LogP contribution < -0.4 is 0 Å². The third-order valence-corrected chi connectivity index (χ3v) is 1.94. The molecule has 0 bridgehead atoms. The molecule has 1 atom stereocenters. The average molecular weight is 193 g/mol. The highest BCUT2D eigenvalue weighted by atomic mass is 16.3. The predicted octanol–water partition coefficient (Wildman–Crippen LogP) is -0.186. The Morgan fingerprint density at radius 2 is 2.50 bits per heavy atom. The van der Waals surface area contributed by atoms with Crippen molar-refractivity contribution in [3.05, 3.63) is 30.1 Å². The van der Waals surface area contributed by atoms with Gasteiger partial charge in [-0.2, -0.15) is 10.2 Å². The summed E-state index contributed by atoms with van der Waals surface area (Å²) in [5.41, 5.74) is 0.969. The largest absolute Gasteiger partial charge is 0.385 e. The van der Waals surface area contributed by atoms with Gasteiger partial charge in [0.1, 0.15) is 12.4 Å².